The maximum atomic E-state index is 11.7. The van der Waals surface area contributed by atoms with Gasteiger partial charge in [-0.15, -0.1) is 5.10 Å². The van der Waals surface area contributed by atoms with Gasteiger partial charge in [-0.3, -0.25) is 10.1 Å². The number of aromatic nitrogens is 3. The van der Waals surface area contributed by atoms with Gasteiger partial charge in [-0.2, -0.15) is 0 Å². The predicted molar refractivity (Wildman–Crippen MR) is 73.8 cm³/mol. The fraction of sp³-hybridized carbons (Fsp3) is 0.667. The fourth-order valence-electron chi connectivity index (χ4n) is 1.50. The van der Waals surface area contributed by atoms with Gasteiger partial charge in [0.05, 0.1) is 5.69 Å². The fourth-order valence-corrected chi connectivity index (χ4v) is 1.50. The molecule has 4 N–H and O–H groups in total. The van der Waals surface area contributed by atoms with Crippen molar-refractivity contribution in [3.8, 4) is 0 Å². The lowest BCUT2D eigenvalue weighted by molar-refractivity contribution is -0.120. The zero-order valence-electron chi connectivity index (χ0n) is 12.1. The van der Waals surface area contributed by atoms with Crippen LogP contribution >= 0.6 is 0 Å². The molecule has 1 aromatic rings. The van der Waals surface area contributed by atoms with Crippen LogP contribution in [-0.2, 0) is 17.8 Å². The standard InChI is InChI=1S/C12H22N6O2/c1-12(2,3)15-11(20)14-10(19)8-18-7-9(16-17-18)5-4-6-13/h7H,4-6,8,13H2,1-3H3,(H2,14,15,19,20). The van der Waals surface area contributed by atoms with Crippen molar-refractivity contribution >= 4 is 11.9 Å². The van der Waals surface area contributed by atoms with E-state index in [9.17, 15) is 9.59 Å². The van der Waals surface area contributed by atoms with Gasteiger partial charge in [-0.05, 0) is 40.2 Å². The lowest BCUT2D eigenvalue weighted by Crippen LogP contribution is -2.48. The molecule has 0 aromatic carbocycles. The van der Waals surface area contributed by atoms with Crippen molar-refractivity contribution in [1.82, 2.24) is 25.6 Å². The highest BCUT2D eigenvalue weighted by molar-refractivity contribution is 5.94. The molecule has 0 aliphatic heterocycles. The number of carbonyl (C=O) groups is 2. The van der Waals surface area contributed by atoms with Gasteiger partial charge < -0.3 is 11.1 Å². The second-order valence-corrected chi connectivity index (χ2v) is 5.55. The van der Waals surface area contributed by atoms with E-state index in [-0.39, 0.29) is 6.54 Å². The molecule has 20 heavy (non-hydrogen) atoms. The summed E-state index contributed by atoms with van der Waals surface area (Å²) in [5.41, 5.74) is 5.79. The van der Waals surface area contributed by atoms with Crippen LogP contribution in [0.1, 0.15) is 32.9 Å². The molecule has 0 saturated carbocycles. The highest BCUT2D eigenvalue weighted by Gasteiger charge is 2.16. The highest BCUT2D eigenvalue weighted by Crippen LogP contribution is 1.98. The summed E-state index contributed by atoms with van der Waals surface area (Å²) in [6.45, 7) is 6.03. The molecule has 0 aliphatic rings. The summed E-state index contributed by atoms with van der Waals surface area (Å²) in [7, 11) is 0. The minimum Gasteiger partial charge on any atom is -0.333 e. The molecule has 0 spiro atoms. The van der Waals surface area contributed by atoms with Crippen LogP contribution in [0, 0.1) is 0 Å². The van der Waals surface area contributed by atoms with Gasteiger partial charge in [-0.1, -0.05) is 5.21 Å². The highest BCUT2D eigenvalue weighted by atomic mass is 16.2. The Kier molecular flexibility index (Phi) is 5.63. The minimum absolute atomic E-state index is 0.0484. The van der Waals surface area contributed by atoms with E-state index in [1.165, 1.54) is 4.68 Å². The van der Waals surface area contributed by atoms with Gasteiger partial charge in [0, 0.05) is 11.7 Å². The van der Waals surface area contributed by atoms with E-state index in [1.807, 2.05) is 20.8 Å². The topological polar surface area (TPSA) is 115 Å². The number of urea groups is 1. The first-order valence-corrected chi connectivity index (χ1v) is 6.51. The first-order chi connectivity index (χ1) is 9.30. The Morgan fingerprint density at radius 3 is 2.70 bits per heavy atom. The SMILES string of the molecule is CC(C)(C)NC(=O)NC(=O)Cn1cc(CCCN)nn1. The minimum atomic E-state index is -0.522. The van der Waals surface area contributed by atoms with Crippen molar-refractivity contribution in [2.75, 3.05) is 6.54 Å². The normalized spacial score (nSPS) is 11.2. The van der Waals surface area contributed by atoms with Gasteiger partial charge in [-0.25, -0.2) is 9.48 Å². The molecule has 0 atom stereocenters. The second kappa shape index (κ2) is 6.99. The Balaban J connectivity index is 2.42. The summed E-state index contributed by atoms with van der Waals surface area (Å²) < 4.78 is 1.39. The summed E-state index contributed by atoms with van der Waals surface area (Å²) >= 11 is 0. The third-order valence-electron chi connectivity index (χ3n) is 2.27. The summed E-state index contributed by atoms with van der Waals surface area (Å²) in [6, 6.07) is -0.522. The third-order valence-corrected chi connectivity index (χ3v) is 2.27. The molecular formula is C12H22N6O2. The van der Waals surface area contributed by atoms with Gasteiger partial charge in [0.25, 0.3) is 0 Å². The Bertz CT molecular complexity index is 463. The number of imide groups is 1. The van der Waals surface area contributed by atoms with Crippen molar-refractivity contribution in [3.63, 3.8) is 0 Å². The zero-order valence-corrected chi connectivity index (χ0v) is 12.1. The Hall–Kier alpha value is -1.96. The maximum absolute atomic E-state index is 11.7. The molecule has 0 saturated heterocycles. The summed E-state index contributed by atoms with van der Waals surface area (Å²) in [4.78, 5) is 23.2. The van der Waals surface area contributed by atoms with E-state index in [1.54, 1.807) is 6.20 Å². The van der Waals surface area contributed by atoms with E-state index < -0.39 is 17.5 Å². The van der Waals surface area contributed by atoms with Crippen LogP contribution in [0.2, 0.25) is 0 Å². The molecule has 8 heteroatoms. The summed E-state index contributed by atoms with van der Waals surface area (Å²) in [5, 5.41) is 12.6. The Morgan fingerprint density at radius 1 is 1.40 bits per heavy atom. The van der Waals surface area contributed by atoms with Crippen LogP contribution in [0.4, 0.5) is 4.79 Å². The van der Waals surface area contributed by atoms with Gasteiger partial charge in [0.1, 0.15) is 6.54 Å². The number of amides is 3. The predicted octanol–water partition coefficient (Wildman–Crippen LogP) is -0.206. The molecule has 3 amide bonds. The van der Waals surface area contributed by atoms with Crippen LogP contribution in [0.5, 0.6) is 0 Å². The molecule has 112 valence electrons. The number of nitrogens with one attached hydrogen (secondary N) is 2. The molecule has 8 nitrogen and oxygen atoms in total. The first kappa shape index (κ1) is 16.1. The molecule has 0 unspecified atom stereocenters. The molecule has 0 fully saturated rings. The van der Waals surface area contributed by atoms with Crippen LogP contribution in [-0.4, -0.2) is 39.0 Å². The average Bonchev–Trinajstić information content (AvgIpc) is 2.70. The van der Waals surface area contributed by atoms with Gasteiger partial charge in [0.15, 0.2) is 0 Å². The second-order valence-electron chi connectivity index (χ2n) is 5.55. The number of rotatable bonds is 5. The maximum Gasteiger partial charge on any atom is 0.321 e. The number of aryl methyl sites for hydroxylation is 1. The van der Waals surface area contributed by atoms with Crippen LogP contribution < -0.4 is 16.4 Å². The molecular weight excluding hydrogens is 260 g/mol. The first-order valence-electron chi connectivity index (χ1n) is 6.51. The molecule has 1 aromatic heterocycles. The largest absolute Gasteiger partial charge is 0.333 e. The van der Waals surface area contributed by atoms with E-state index >= 15 is 0 Å². The van der Waals surface area contributed by atoms with E-state index in [0.717, 1.165) is 18.5 Å². The number of hydrogen-bond donors (Lipinski definition) is 3. The van der Waals surface area contributed by atoms with Crippen molar-refractivity contribution < 1.29 is 9.59 Å². The van der Waals surface area contributed by atoms with Crippen molar-refractivity contribution in [3.05, 3.63) is 11.9 Å². The number of nitrogens with zero attached hydrogens (tertiary/aromatic N) is 3. The van der Waals surface area contributed by atoms with Crippen molar-refractivity contribution in [1.29, 1.82) is 0 Å². The molecule has 0 aliphatic carbocycles. The monoisotopic (exact) mass is 282 g/mol. The zero-order chi connectivity index (χ0) is 15.2. The Morgan fingerprint density at radius 2 is 2.10 bits per heavy atom. The van der Waals surface area contributed by atoms with Gasteiger partial charge >= 0.3 is 6.03 Å². The number of hydrogen-bond acceptors (Lipinski definition) is 5. The molecule has 1 heterocycles. The van der Waals surface area contributed by atoms with Crippen molar-refractivity contribution in [2.45, 2.75) is 45.7 Å². The smallest absolute Gasteiger partial charge is 0.321 e. The van der Waals surface area contributed by atoms with E-state index in [0.29, 0.717) is 6.54 Å². The van der Waals surface area contributed by atoms with Crippen molar-refractivity contribution in [2.24, 2.45) is 5.73 Å². The van der Waals surface area contributed by atoms with E-state index in [2.05, 4.69) is 20.9 Å². The van der Waals surface area contributed by atoms with Crippen LogP contribution in [0.3, 0.4) is 0 Å². The Labute approximate surface area is 118 Å². The van der Waals surface area contributed by atoms with Crippen LogP contribution in [0.15, 0.2) is 6.20 Å². The summed E-state index contributed by atoms with van der Waals surface area (Å²) in [6.07, 6.45) is 3.22. The lowest BCUT2D eigenvalue weighted by Gasteiger charge is -2.20. The average molecular weight is 282 g/mol. The molecule has 0 radical (unpaired) electrons. The number of nitrogens with two attached hydrogens (primary N) is 1. The quantitative estimate of drug-likeness (QED) is 0.691. The lowest BCUT2D eigenvalue weighted by atomic mass is 10.1. The summed E-state index contributed by atoms with van der Waals surface area (Å²) in [5.74, 6) is -0.443. The van der Waals surface area contributed by atoms with E-state index in [4.69, 9.17) is 5.73 Å². The molecule has 0 bridgehead atoms. The number of carbonyl (C=O) groups excluding carboxylic acids is 2. The van der Waals surface area contributed by atoms with Crippen LogP contribution in [0.25, 0.3) is 0 Å². The molecule has 1 rings (SSSR count). The third kappa shape index (κ3) is 6.28. The van der Waals surface area contributed by atoms with Gasteiger partial charge in [0.2, 0.25) is 5.91 Å².